The zero-order chi connectivity index (χ0) is 47.2. The first-order chi connectivity index (χ1) is 32.0. The summed E-state index contributed by atoms with van der Waals surface area (Å²) in [6.07, 6.45) is 66.4. The van der Waals surface area contributed by atoms with Crippen LogP contribution in [0.15, 0.2) is 60.8 Å². The first-order valence-electron chi connectivity index (χ1n) is 27.8. The summed E-state index contributed by atoms with van der Waals surface area (Å²) in [4.78, 5) is 38.1. The quantitative estimate of drug-likeness (QED) is 0.0262. The van der Waals surface area contributed by atoms with Crippen molar-refractivity contribution < 1.29 is 28.6 Å². The number of rotatable bonds is 50. The van der Waals surface area contributed by atoms with E-state index in [4.69, 9.17) is 14.2 Å². The summed E-state index contributed by atoms with van der Waals surface area (Å²) in [5, 5.41) is 0. The Hall–Kier alpha value is -2.89. The van der Waals surface area contributed by atoms with Gasteiger partial charge in [0, 0.05) is 19.3 Å². The van der Waals surface area contributed by atoms with Crippen LogP contribution in [0.1, 0.15) is 278 Å². The molecular formula is C59H104O6. The van der Waals surface area contributed by atoms with Crippen LogP contribution in [-0.2, 0) is 28.6 Å². The van der Waals surface area contributed by atoms with Crippen molar-refractivity contribution in [3.8, 4) is 0 Å². The second kappa shape index (κ2) is 53.7. The molecule has 0 rings (SSSR count). The Morgan fingerprint density at radius 1 is 0.323 bits per heavy atom. The van der Waals surface area contributed by atoms with Crippen LogP contribution in [-0.4, -0.2) is 37.2 Å². The molecule has 376 valence electrons. The molecule has 0 saturated carbocycles. The maximum absolute atomic E-state index is 12.8. The highest BCUT2D eigenvalue weighted by molar-refractivity contribution is 5.71. The largest absolute Gasteiger partial charge is 0.462 e. The molecule has 0 fully saturated rings. The molecule has 1 atom stereocenters. The molecule has 0 N–H and O–H groups in total. The van der Waals surface area contributed by atoms with Gasteiger partial charge < -0.3 is 14.2 Å². The fourth-order valence-corrected chi connectivity index (χ4v) is 7.84. The molecule has 0 aromatic rings. The summed E-state index contributed by atoms with van der Waals surface area (Å²) < 4.78 is 16.8. The number of ether oxygens (including phenoxy) is 3. The monoisotopic (exact) mass is 909 g/mol. The van der Waals surface area contributed by atoms with Gasteiger partial charge >= 0.3 is 17.9 Å². The van der Waals surface area contributed by atoms with Gasteiger partial charge in [-0.25, -0.2) is 0 Å². The SMILES string of the molecule is CC/C=C\C/C=C\C/C=C\C/C=C\CCCCC(=O)O[C@H](COC(=O)CCCCCCCCCCC/C=C\CCCCCCCC)COC(=O)CCCCCCCCCCCCCCC. The molecule has 0 aromatic heterocycles. The van der Waals surface area contributed by atoms with Crippen molar-refractivity contribution >= 4 is 17.9 Å². The summed E-state index contributed by atoms with van der Waals surface area (Å²) in [5.74, 6) is -0.924. The lowest BCUT2D eigenvalue weighted by molar-refractivity contribution is -0.167. The highest BCUT2D eigenvalue weighted by Gasteiger charge is 2.19. The summed E-state index contributed by atoms with van der Waals surface area (Å²) in [6, 6.07) is 0. The van der Waals surface area contributed by atoms with E-state index in [0.717, 1.165) is 77.0 Å². The van der Waals surface area contributed by atoms with E-state index >= 15 is 0 Å². The lowest BCUT2D eigenvalue weighted by Gasteiger charge is -2.18. The molecule has 0 saturated heterocycles. The maximum Gasteiger partial charge on any atom is 0.306 e. The third kappa shape index (κ3) is 51.9. The number of esters is 3. The van der Waals surface area contributed by atoms with E-state index in [2.05, 4.69) is 81.5 Å². The van der Waals surface area contributed by atoms with Crippen LogP contribution in [0.2, 0.25) is 0 Å². The van der Waals surface area contributed by atoms with Crippen molar-refractivity contribution in [2.24, 2.45) is 0 Å². The van der Waals surface area contributed by atoms with Crippen molar-refractivity contribution in [1.82, 2.24) is 0 Å². The van der Waals surface area contributed by atoms with Crippen molar-refractivity contribution in [2.75, 3.05) is 13.2 Å². The van der Waals surface area contributed by atoms with Crippen LogP contribution in [0.25, 0.3) is 0 Å². The van der Waals surface area contributed by atoms with Crippen molar-refractivity contribution in [3.05, 3.63) is 60.8 Å². The molecule has 0 aliphatic carbocycles. The Morgan fingerprint density at radius 3 is 0.985 bits per heavy atom. The minimum Gasteiger partial charge on any atom is -0.462 e. The van der Waals surface area contributed by atoms with Crippen LogP contribution < -0.4 is 0 Å². The summed E-state index contributed by atoms with van der Waals surface area (Å²) in [6.45, 7) is 6.50. The van der Waals surface area contributed by atoms with Gasteiger partial charge in [0.1, 0.15) is 13.2 Å². The fourth-order valence-electron chi connectivity index (χ4n) is 7.84. The lowest BCUT2D eigenvalue weighted by atomic mass is 10.0. The molecule has 0 amide bonds. The zero-order valence-electron chi connectivity index (χ0n) is 43.0. The predicted molar refractivity (Wildman–Crippen MR) is 279 cm³/mol. The van der Waals surface area contributed by atoms with E-state index in [9.17, 15) is 14.4 Å². The normalized spacial score (nSPS) is 12.5. The van der Waals surface area contributed by atoms with Gasteiger partial charge in [-0.05, 0) is 83.5 Å². The minimum absolute atomic E-state index is 0.0891. The van der Waals surface area contributed by atoms with Gasteiger partial charge in [-0.3, -0.25) is 14.4 Å². The van der Waals surface area contributed by atoms with E-state index in [1.54, 1.807) is 0 Å². The van der Waals surface area contributed by atoms with Crippen LogP contribution in [0.4, 0.5) is 0 Å². The summed E-state index contributed by atoms with van der Waals surface area (Å²) >= 11 is 0. The molecule has 0 radical (unpaired) electrons. The highest BCUT2D eigenvalue weighted by atomic mass is 16.6. The second-order valence-electron chi connectivity index (χ2n) is 18.5. The Balaban J connectivity index is 4.39. The van der Waals surface area contributed by atoms with E-state index in [0.29, 0.717) is 19.3 Å². The lowest BCUT2D eigenvalue weighted by Crippen LogP contribution is -2.30. The van der Waals surface area contributed by atoms with E-state index in [1.165, 1.54) is 154 Å². The summed E-state index contributed by atoms with van der Waals surface area (Å²) in [5.41, 5.74) is 0. The molecule has 0 aromatic carbocycles. The van der Waals surface area contributed by atoms with Gasteiger partial charge in [-0.15, -0.1) is 0 Å². The third-order valence-corrected chi connectivity index (χ3v) is 12.0. The van der Waals surface area contributed by atoms with Crippen LogP contribution in [0, 0.1) is 0 Å². The molecule has 0 aliphatic heterocycles. The summed E-state index contributed by atoms with van der Waals surface area (Å²) in [7, 11) is 0. The van der Waals surface area contributed by atoms with Gasteiger partial charge in [0.25, 0.3) is 0 Å². The molecular weight excluding hydrogens is 805 g/mol. The number of hydrogen-bond donors (Lipinski definition) is 0. The standard InChI is InChI=1S/C59H104O6/c1-4-7-10-13-16-19-22-25-27-28-29-30-32-34-37-40-43-46-49-52-58(61)64-55-56(54-63-57(60)51-48-45-42-39-36-33-24-21-18-15-12-9-6-3)65-59(62)53-50-47-44-41-38-35-31-26-23-20-17-14-11-8-5-2/h8,11,17,20,25-27,31,38,41,56H,4-7,9-10,12-16,18-19,21-24,28-30,32-37,39-40,42-55H2,1-3H3/b11-8-,20-17-,27-25-,31-26-,41-38-/t56-/m0/s1. The van der Waals surface area contributed by atoms with Crippen molar-refractivity contribution in [3.63, 3.8) is 0 Å². The minimum atomic E-state index is -0.794. The van der Waals surface area contributed by atoms with Gasteiger partial charge in [-0.2, -0.15) is 0 Å². The molecule has 6 heteroatoms. The average molecular weight is 909 g/mol. The van der Waals surface area contributed by atoms with E-state index < -0.39 is 6.10 Å². The molecule has 65 heavy (non-hydrogen) atoms. The van der Waals surface area contributed by atoms with E-state index in [-0.39, 0.29) is 37.5 Å². The molecule has 0 bridgehead atoms. The van der Waals surface area contributed by atoms with Gasteiger partial charge in [0.2, 0.25) is 0 Å². The molecule has 6 nitrogen and oxygen atoms in total. The second-order valence-corrected chi connectivity index (χ2v) is 18.5. The van der Waals surface area contributed by atoms with E-state index in [1.807, 2.05) is 0 Å². The highest BCUT2D eigenvalue weighted by Crippen LogP contribution is 2.15. The third-order valence-electron chi connectivity index (χ3n) is 12.0. The maximum atomic E-state index is 12.8. The Bertz CT molecular complexity index is 1180. The smallest absolute Gasteiger partial charge is 0.306 e. The number of hydrogen-bond acceptors (Lipinski definition) is 6. The zero-order valence-corrected chi connectivity index (χ0v) is 43.0. The molecule has 0 spiro atoms. The topological polar surface area (TPSA) is 78.9 Å². The number of carbonyl (C=O) groups is 3. The van der Waals surface area contributed by atoms with Gasteiger partial charge in [0.05, 0.1) is 0 Å². The average Bonchev–Trinajstić information content (AvgIpc) is 3.30. The van der Waals surface area contributed by atoms with Crippen LogP contribution >= 0.6 is 0 Å². The predicted octanol–water partition coefficient (Wildman–Crippen LogP) is 18.4. The van der Waals surface area contributed by atoms with Crippen molar-refractivity contribution in [2.45, 2.75) is 284 Å². The number of allylic oxidation sites excluding steroid dienone is 10. The fraction of sp³-hybridized carbons (Fsp3) is 0.780. The number of carbonyl (C=O) groups excluding carboxylic acids is 3. The Kier molecular flexibility index (Phi) is 51.3. The van der Waals surface area contributed by atoms with Crippen LogP contribution in [0.3, 0.4) is 0 Å². The first kappa shape index (κ1) is 62.1. The van der Waals surface area contributed by atoms with Crippen LogP contribution in [0.5, 0.6) is 0 Å². The Morgan fingerprint density at radius 2 is 0.600 bits per heavy atom. The molecule has 0 unspecified atom stereocenters. The van der Waals surface area contributed by atoms with Crippen molar-refractivity contribution in [1.29, 1.82) is 0 Å². The van der Waals surface area contributed by atoms with Gasteiger partial charge in [-0.1, -0.05) is 236 Å². The Labute approximate surface area is 402 Å². The molecule has 0 heterocycles. The van der Waals surface area contributed by atoms with Gasteiger partial charge in [0.15, 0.2) is 6.10 Å². The number of unbranched alkanes of at least 4 members (excludes halogenated alkanes) is 29. The first-order valence-corrected chi connectivity index (χ1v) is 27.8. The molecule has 0 aliphatic rings.